The van der Waals surface area contributed by atoms with E-state index in [4.69, 9.17) is 18.9 Å². The molecular formula is C24H33NO4Si2. The Morgan fingerprint density at radius 3 is 2.06 bits per heavy atom. The van der Waals surface area contributed by atoms with E-state index in [1.54, 1.807) is 48.5 Å². The Labute approximate surface area is 188 Å². The van der Waals surface area contributed by atoms with Crippen molar-refractivity contribution in [3.8, 4) is 17.6 Å². The fraction of sp³-hybridized carbons (Fsp3) is 0.417. The Kier molecular flexibility index (Phi) is 9.05. The number of esters is 1. The molecule has 2 aromatic rings. The molecule has 5 nitrogen and oxygen atoms in total. The molecule has 0 saturated heterocycles. The Morgan fingerprint density at radius 1 is 0.871 bits per heavy atom. The third kappa shape index (κ3) is 9.51. The number of hydrogen-bond donors (Lipinski definition) is 0. The van der Waals surface area contributed by atoms with E-state index in [0.717, 1.165) is 18.6 Å². The second-order valence-electron chi connectivity index (χ2n) is 9.18. The van der Waals surface area contributed by atoms with Gasteiger partial charge in [0, 0.05) is 0 Å². The first-order chi connectivity index (χ1) is 14.6. The van der Waals surface area contributed by atoms with Crippen LogP contribution in [0.5, 0.6) is 11.5 Å². The van der Waals surface area contributed by atoms with Crippen LogP contribution >= 0.6 is 0 Å². The van der Waals surface area contributed by atoms with Gasteiger partial charge in [0.1, 0.15) is 11.5 Å². The summed E-state index contributed by atoms with van der Waals surface area (Å²) in [6.45, 7) is 12.1. The summed E-state index contributed by atoms with van der Waals surface area (Å²) in [6, 6.07) is 16.6. The molecule has 2 rings (SSSR count). The molecule has 0 radical (unpaired) electrons. The standard InChI is InChI=1S/C24H33NO4Si2/c1-30(2,3)29-31(4,5)18-8-6-7-17-27-22-15-11-21(12-16-22)24(26)28-23-13-9-20(19-25)10-14-23/h9-16H,6-8,17-18H2,1-5H3. The first-order valence-corrected chi connectivity index (χ1v) is 17.3. The quantitative estimate of drug-likeness (QED) is 0.170. The maximum atomic E-state index is 12.2. The van der Waals surface area contributed by atoms with Crippen molar-refractivity contribution < 1.29 is 18.4 Å². The van der Waals surface area contributed by atoms with E-state index in [2.05, 4.69) is 32.7 Å². The van der Waals surface area contributed by atoms with Crippen LogP contribution in [-0.2, 0) is 4.12 Å². The number of unbranched alkanes of at least 4 members (excludes halogenated alkanes) is 2. The molecule has 0 unspecified atom stereocenters. The lowest BCUT2D eigenvalue weighted by Crippen LogP contribution is -2.42. The summed E-state index contributed by atoms with van der Waals surface area (Å²) in [5, 5.41) is 8.82. The van der Waals surface area contributed by atoms with E-state index in [9.17, 15) is 4.79 Å². The van der Waals surface area contributed by atoms with E-state index in [-0.39, 0.29) is 0 Å². The first-order valence-electron chi connectivity index (χ1n) is 10.7. The van der Waals surface area contributed by atoms with Gasteiger partial charge in [0.2, 0.25) is 0 Å². The van der Waals surface area contributed by atoms with Crippen LogP contribution in [0.4, 0.5) is 0 Å². The van der Waals surface area contributed by atoms with E-state index >= 15 is 0 Å². The van der Waals surface area contributed by atoms with Gasteiger partial charge in [-0.1, -0.05) is 12.8 Å². The molecular weight excluding hydrogens is 422 g/mol. The molecule has 0 fully saturated rings. The SMILES string of the molecule is C[Si](C)(C)O[Si](C)(C)CCCCCOc1ccc(C(=O)Oc2ccc(C#N)cc2)cc1. The van der Waals surface area contributed by atoms with Crippen LogP contribution in [0.25, 0.3) is 0 Å². The summed E-state index contributed by atoms with van der Waals surface area (Å²) in [7, 11) is -3.01. The third-order valence-corrected chi connectivity index (χ3v) is 10.8. The number of nitrogens with zero attached hydrogens (tertiary/aromatic N) is 1. The average molecular weight is 456 g/mol. The van der Waals surface area contributed by atoms with Crippen molar-refractivity contribution >= 4 is 22.6 Å². The van der Waals surface area contributed by atoms with Gasteiger partial charge < -0.3 is 13.6 Å². The van der Waals surface area contributed by atoms with Crippen molar-refractivity contribution in [3.05, 3.63) is 59.7 Å². The number of hydrogen-bond acceptors (Lipinski definition) is 5. The minimum Gasteiger partial charge on any atom is -0.494 e. The molecule has 31 heavy (non-hydrogen) atoms. The molecule has 7 heteroatoms. The van der Waals surface area contributed by atoms with E-state index in [1.165, 1.54) is 12.5 Å². The maximum absolute atomic E-state index is 12.2. The largest absolute Gasteiger partial charge is 0.494 e. The van der Waals surface area contributed by atoms with Crippen molar-refractivity contribution in [2.75, 3.05) is 6.61 Å². The van der Waals surface area contributed by atoms with E-state index in [0.29, 0.717) is 23.5 Å². The van der Waals surface area contributed by atoms with Crippen LogP contribution in [0.1, 0.15) is 35.2 Å². The van der Waals surface area contributed by atoms with Crippen LogP contribution < -0.4 is 9.47 Å². The highest BCUT2D eigenvalue weighted by Gasteiger charge is 2.28. The summed E-state index contributed by atoms with van der Waals surface area (Å²) in [5.74, 6) is 0.709. The van der Waals surface area contributed by atoms with Gasteiger partial charge in [-0.3, -0.25) is 0 Å². The van der Waals surface area contributed by atoms with Crippen LogP contribution in [0.3, 0.4) is 0 Å². The van der Waals surface area contributed by atoms with Gasteiger partial charge >= 0.3 is 5.97 Å². The summed E-state index contributed by atoms with van der Waals surface area (Å²) in [6.07, 6.45) is 3.30. The fourth-order valence-electron chi connectivity index (χ4n) is 3.35. The molecule has 0 amide bonds. The summed E-state index contributed by atoms with van der Waals surface area (Å²) < 4.78 is 17.5. The highest BCUT2D eigenvalue weighted by molar-refractivity contribution is 6.84. The normalized spacial score (nSPS) is 11.6. The van der Waals surface area contributed by atoms with E-state index in [1.807, 2.05) is 6.07 Å². The molecule has 0 spiro atoms. The molecule has 0 saturated carbocycles. The van der Waals surface area contributed by atoms with Crippen molar-refractivity contribution in [3.63, 3.8) is 0 Å². The fourth-order valence-corrected chi connectivity index (χ4v) is 11.5. The molecule has 0 aliphatic heterocycles. The molecule has 0 atom stereocenters. The van der Waals surface area contributed by atoms with Crippen molar-refractivity contribution in [1.29, 1.82) is 5.26 Å². The van der Waals surface area contributed by atoms with Crippen LogP contribution in [0.15, 0.2) is 48.5 Å². The predicted molar refractivity (Wildman–Crippen MR) is 129 cm³/mol. The Balaban J connectivity index is 1.70. The van der Waals surface area contributed by atoms with Crippen LogP contribution in [-0.4, -0.2) is 29.2 Å². The minimum atomic E-state index is -1.55. The second-order valence-corrected chi connectivity index (χ2v) is 18.2. The zero-order chi connectivity index (χ0) is 22.9. The summed E-state index contributed by atoms with van der Waals surface area (Å²) in [5.41, 5.74) is 0.971. The Bertz CT molecular complexity index is 882. The molecule has 166 valence electrons. The lowest BCUT2D eigenvalue weighted by Gasteiger charge is -2.31. The number of ether oxygens (including phenoxy) is 2. The van der Waals surface area contributed by atoms with Crippen LogP contribution in [0, 0.1) is 11.3 Å². The average Bonchev–Trinajstić information content (AvgIpc) is 2.69. The van der Waals surface area contributed by atoms with Gasteiger partial charge in [0.15, 0.2) is 16.6 Å². The van der Waals surface area contributed by atoms with Gasteiger partial charge in [-0.05, 0) is 93.7 Å². The van der Waals surface area contributed by atoms with Gasteiger partial charge in [0.05, 0.1) is 23.8 Å². The zero-order valence-corrected chi connectivity index (χ0v) is 21.2. The number of nitriles is 1. The summed E-state index contributed by atoms with van der Waals surface area (Å²) >= 11 is 0. The van der Waals surface area contributed by atoms with Gasteiger partial charge in [-0.25, -0.2) is 4.79 Å². The van der Waals surface area contributed by atoms with Gasteiger partial charge in [0.25, 0.3) is 0 Å². The molecule has 0 heterocycles. The molecule has 0 N–H and O–H groups in total. The minimum absolute atomic E-state index is 0.408. The highest BCUT2D eigenvalue weighted by atomic mass is 28.4. The zero-order valence-electron chi connectivity index (χ0n) is 19.2. The molecule has 0 bridgehead atoms. The third-order valence-electron chi connectivity index (χ3n) is 4.56. The second kappa shape index (κ2) is 11.3. The lowest BCUT2D eigenvalue weighted by molar-refractivity contribution is 0.0734. The smallest absolute Gasteiger partial charge is 0.343 e. The Morgan fingerprint density at radius 2 is 1.48 bits per heavy atom. The van der Waals surface area contributed by atoms with Crippen LogP contribution in [0.2, 0.25) is 38.8 Å². The summed E-state index contributed by atoms with van der Waals surface area (Å²) in [4.78, 5) is 12.2. The molecule has 2 aromatic carbocycles. The lowest BCUT2D eigenvalue weighted by atomic mass is 10.2. The van der Waals surface area contributed by atoms with Gasteiger partial charge in [-0.15, -0.1) is 0 Å². The number of rotatable bonds is 11. The molecule has 0 aliphatic carbocycles. The van der Waals surface area contributed by atoms with E-state index < -0.39 is 22.6 Å². The number of carbonyl (C=O) groups is 1. The van der Waals surface area contributed by atoms with Crippen molar-refractivity contribution in [2.24, 2.45) is 0 Å². The maximum Gasteiger partial charge on any atom is 0.343 e. The number of carbonyl (C=O) groups excluding carboxylic acids is 1. The highest BCUT2D eigenvalue weighted by Crippen LogP contribution is 2.21. The first kappa shape index (κ1) is 24.9. The Hall–Kier alpha value is -2.41. The predicted octanol–water partition coefficient (Wildman–Crippen LogP) is 6.38. The number of benzene rings is 2. The topological polar surface area (TPSA) is 68.6 Å². The van der Waals surface area contributed by atoms with Gasteiger partial charge in [-0.2, -0.15) is 5.26 Å². The molecule has 0 aromatic heterocycles. The van der Waals surface area contributed by atoms with Crippen molar-refractivity contribution in [1.82, 2.24) is 0 Å². The molecule has 0 aliphatic rings. The van der Waals surface area contributed by atoms with Crippen molar-refractivity contribution in [2.45, 2.75) is 58.0 Å². The monoisotopic (exact) mass is 455 g/mol.